The maximum atomic E-state index is 12.7. The second-order valence-corrected chi connectivity index (χ2v) is 8.68. The van der Waals surface area contributed by atoms with Gasteiger partial charge in [-0.25, -0.2) is 4.98 Å². The number of nitrogens with one attached hydrogen (secondary N) is 1. The third-order valence-corrected chi connectivity index (χ3v) is 6.15. The number of nitro benzene ring substituents is 1. The number of carbonyl (C=O) groups excluding carboxylic acids is 1. The molecule has 1 aromatic heterocycles. The molecule has 0 aliphatic heterocycles. The van der Waals surface area contributed by atoms with Gasteiger partial charge in [-0.15, -0.1) is 0 Å². The van der Waals surface area contributed by atoms with Crippen molar-refractivity contribution < 1.29 is 14.5 Å². The van der Waals surface area contributed by atoms with Gasteiger partial charge in [0, 0.05) is 5.02 Å². The molecule has 0 fully saturated rings. The van der Waals surface area contributed by atoms with E-state index in [1.54, 1.807) is 25.1 Å². The second kappa shape index (κ2) is 10.6. The van der Waals surface area contributed by atoms with E-state index in [4.69, 9.17) is 16.3 Å². The van der Waals surface area contributed by atoms with Gasteiger partial charge in [0.25, 0.3) is 5.69 Å². The molecule has 8 nitrogen and oxygen atoms in total. The summed E-state index contributed by atoms with van der Waals surface area (Å²) in [6.07, 6.45) is 0. The number of amides is 1. The van der Waals surface area contributed by atoms with Crippen LogP contribution < -0.4 is 10.1 Å². The van der Waals surface area contributed by atoms with Gasteiger partial charge in [-0.2, -0.15) is 0 Å². The first kappa shape index (κ1) is 23.6. The fourth-order valence-corrected chi connectivity index (χ4v) is 4.43. The number of hydrogen-bond donors (Lipinski definition) is 1. The molecule has 0 bridgehead atoms. The average molecular weight is 497 g/mol. The number of benzene rings is 3. The van der Waals surface area contributed by atoms with E-state index < -0.39 is 4.92 Å². The predicted molar refractivity (Wildman–Crippen MR) is 134 cm³/mol. The summed E-state index contributed by atoms with van der Waals surface area (Å²) in [5.41, 5.74) is 2.61. The zero-order valence-electron chi connectivity index (χ0n) is 18.2. The monoisotopic (exact) mass is 496 g/mol. The lowest BCUT2D eigenvalue weighted by Gasteiger charge is -2.10. The van der Waals surface area contributed by atoms with E-state index in [1.165, 1.54) is 23.9 Å². The van der Waals surface area contributed by atoms with Crippen LogP contribution in [0.1, 0.15) is 12.5 Å². The van der Waals surface area contributed by atoms with Crippen LogP contribution in [0.4, 0.5) is 11.4 Å². The quantitative estimate of drug-likeness (QED) is 0.179. The van der Waals surface area contributed by atoms with Gasteiger partial charge in [0.05, 0.1) is 40.9 Å². The number of hydrogen-bond acceptors (Lipinski definition) is 6. The van der Waals surface area contributed by atoms with Gasteiger partial charge in [0.15, 0.2) is 5.16 Å². The predicted octanol–water partition coefficient (Wildman–Crippen LogP) is 5.78. The zero-order valence-corrected chi connectivity index (χ0v) is 19.8. The number of nitro groups is 1. The van der Waals surface area contributed by atoms with Crippen LogP contribution in [0.3, 0.4) is 0 Å². The number of carbonyl (C=O) groups is 1. The zero-order chi connectivity index (χ0) is 24.1. The minimum absolute atomic E-state index is 0.0240. The summed E-state index contributed by atoms with van der Waals surface area (Å²) in [5.74, 6) is 0.0133. The minimum Gasteiger partial charge on any atom is -0.494 e. The van der Waals surface area contributed by atoms with Crippen LogP contribution >= 0.6 is 23.4 Å². The van der Waals surface area contributed by atoms with Crippen LogP contribution in [0.5, 0.6) is 5.75 Å². The third-order valence-electron chi connectivity index (χ3n) is 4.94. The number of thioether (sulfide) groups is 1. The van der Waals surface area contributed by atoms with Crippen LogP contribution in [-0.2, 0) is 11.3 Å². The first-order valence-electron chi connectivity index (χ1n) is 10.5. The van der Waals surface area contributed by atoms with E-state index in [1.807, 2.05) is 41.0 Å². The van der Waals surface area contributed by atoms with Crippen molar-refractivity contribution in [3.63, 3.8) is 0 Å². The molecule has 0 unspecified atom stereocenters. The van der Waals surface area contributed by atoms with E-state index in [0.717, 1.165) is 16.6 Å². The largest absolute Gasteiger partial charge is 0.494 e. The van der Waals surface area contributed by atoms with Gasteiger partial charge < -0.3 is 14.6 Å². The Balaban J connectivity index is 1.54. The highest BCUT2D eigenvalue weighted by atomic mass is 35.5. The van der Waals surface area contributed by atoms with Gasteiger partial charge in [0.2, 0.25) is 5.91 Å². The molecule has 0 atom stereocenters. The Morgan fingerprint density at radius 1 is 1.18 bits per heavy atom. The molecule has 34 heavy (non-hydrogen) atoms. The molecule has 0 saturated carbocycles. The standard InChI is InChI=1S/C24H21ClN4O4S/c1-2-33-18-9-10-19(22(13-18)29(31)32)26-23(30)15-34-24-27-20-12-17(25)8-11-21(20)28(24)14-16-6-4-3-5-7-16/h3-13H,2,14-15H2,1H3,(H,26,30). The normalized spacial score (nSPS) is 10.9. The third kappa shape index (κ3) is 5.49. The maximum absolute atomic E-state index is 12.7. The van der Waals surface area contributed by atoms with E-state index in [9.17, 15) is 14.9 Å². The van der Waals surface area contributed by atoms with E-state index in [0.29, 0.717) is 29.1 Å². The van der Waals surface area contributed by atoms with Crippen molar-refractivity contribution in [1.29, 1.82) is 0 Å². The lowest BCUT2D eigenvalue weighted by molar-refractivity contribution is -0.384. The number of nitrogens with zero attached hydrogens (tertiary/aromatic N) is 3. The van der Waals surface area contributed by atoms with Crippen LogP contribution in [0.15, 0.2) is 71.9 Å². The molecule has 10 heteroatoms. The van der Waals surface area contributed by atoms with Crippen molar-refractivity contribution in [3.05, 3.63) is 87.4 Å². The van der Waals surface area contributed by atoms with Crippen molar-refractivity contribution in [2.24, 2.45) is 0 Å². The number of rotatable bonds is 9. The summed E-state index contributed by atoms with van der Waals surface area (Å²) in [6.45, 7) is 2.75. The van der Waals surface area contributed by atoms with Gasteiger partial charge >= 0.3 is 0 Å². The lowest BCUT2D eigenvalue weighted by atomic mass is 10.2. The number of aromatic nitrogens is 2. The Labute approximate surface area is 205 Å². The summed E-state index contributed by atoms with van der Waals surface area (Å²) < 4.78 is 7.35. The number of fused-ring (bicyclic) bond motifs is 1. The Bertz CT molecular complexity index is 1340. The molecular weight excluding hydrogens is 476 g/mol. The molecule has 1 heterocycles. The molecule has 0 aliphatic rings. The maximum Gasteiger partial charge on any atom is 0.296 e. The molecule has 174 valence electrons. The topological polar surface area (TPSA) is 99.3 Å². The van der Waals surface area contributed by atoms with Gasteiger partial charge in [-0.05, 0) is 42.8 Å². The molecule has 4 aromatic rings. The summed E-state index contributed by atoms with van der Waals surface area (Å²) in [4.78, 5) is 28.2. The number of halogens is 1. The van der Waals surface area contributed by atoms with E-state index in [-0.39, 0.29) is 23.0 Å². The smallest absolute Gasteiger partial charge is 0.296 e. The van der Waals surface area contributed by atoms with Crippen LogP contribution in [0, 0.1) is 10.1 Å². The fraction of sp³-hybridized carbons (Fsp3) is 0.167. The molecular formula is C24H21ClN4O4S. The van der Waals surface area contributed by atoms with Gasteiger partial charge in [-0.1, -0.05) is 53.7 Å². The van der Waals surface area contributed by atoms with Crippen molar-refractivity contribution in [2.45, 2.75) is 18.6 Å². The number of ether oxygens (including phenoxy) is 1. The van der Waals surface area contributed by atoms with Crippen molar-refractivity contribution in [1.82, 2.24) is 9.55 Å². The highest BCUT2D eigenvalue weighted by molar-refractivity contribution is 7.99. The number of anilines is 1. The molecule has 0 aliphatic carbocycles. The summed E-state index contributed by atoms with van der Waals surface area (Å²) in [6, 6.07) is 19.8. The van der Waals surface area contributed by atoms with E-state index in [2.05, 4.69) is 10.3 Å². The van der Waals surface area contributed by atoms with E-state index >= 15 is 0 Å². The highest BCUT2D eigenvalue weighted by Gasteiger charge is 2.19. The SMILES string of the molecule is CCOc1ccc(NC(=O)CSc2nc3cc(Cl)ccc3n2Cc2ccccc2)c([N+](=O)[O-])c1. The molecule has 1 amide bonds. The second-order valence-electron chi connectivity index (χ2n) is 7.31. The molecule has 4 rings (SSSR count). The Kier molecular flexibility index (Phi) is 7.34. The average Bonchev–Trinajstić information content (AvgIpc) is 3.15. The Hall–Kier alpha value is -3.56. The summed E-state index contributed by atoms with van der Waals surface area (Å²) in [7, 11) is 0. The van der Waals surface area contributed by atoms with Crippen molar-refractivity contribution in [3.8, 4) is 5.75 Å². The summed E-state index contributed by atoms with van der Waals surface area (Å²) in [5, 5.41) is 15.3. The summed E-state index contributed by atoms with van der Waals surface area (Å²) >= 11 is 7.40. The molecule has 0 saturated heterocycles. The lowest BCUT2D eigenvalue weighted by Crippen LogP contribution is -2.16. The number of imidazole rings is 1. The first-order chi connectivity index (χ1) is 16.4. The highest BCUT2D eigenvalue weighted by Crippen LogP contribution is 2.30. The molecule has 1 N–H and O–H groups in total. The minimum atomic E-state index is -0.547. The first-order valence-corrected chi connectivity index (χ1v) is 11.8. The van der Waals surface area contributed by atoms with Crippen LogP contribution in [0.25, 0.3) is 11.0 Å². The van der Waals surface area contributed by atoms with Crippen molar-refractivity contribution in [2.75, 3.05) is 17.7 Å². The Morgan fingerprint density at radius 3 is 2.71 bits per heavy atom. The van der Waals surface area contributed by atoms with Gasteiger partial charge in [-0.3, -0.25) is 14.9 Å². The molecule has 0 spiro atoms. The van der Waals surface area contributed by atoms with Gasteiger partial charge in [0.1, 0.15) is 11.4 Å². The van der Waals surface area contributed by atoms with Crippen molar-refractivity contribution >= 4 is 51.7 Å². The van der Waals surface area contributed by atoms with Crippen LogP contribution in [-0.4, -0.2) is 32.7 Å². The Morgan fingerprint density at radius 2 is 1.97 bits per heavy atom. The molecule has 3 aromatic carbocycles. The molecule has 0 radical (unpaired) electrons. The fourth-order valence-electron chi connectivity index (χ4n) is 3.45. The van der Waals surface area contributed by atoms with Crippen LogP contribution in [0.2, 0.25) is 5.02 Å².